The molecule has 0 aliphatic heterocycles. The van der Waals surface area contributed by atoms with Crippen molar-refractivity contribution in [2.75, 3.05) is 18.5 Å². The van der Waals surface area contributed by atoms with Gasteiger partial charge in [0.2, 0.25) is 0 Å². The zero-order valence-corrected chi connectivity index (χ0v) is 8.73. The predicted octanol–water partition coefficient (Wildman–Crippen LogP) is 1.44. The summed E-state index contributed by atoms with van der Waals surface area (Å²) in [6.45, 7) is 5.12. The highest BCUT2D eigenvalue weighted by Crippen LogP contribution is 2.13. The third-order valence-corrected chi connectivity index (χ3v) is 1.79. The molecule has 0 spiro atoms. The van der Waals surface area contributed by atoms with Gasteiger partial charge >= 0.3 is 0 Å². The van der Waals surface area contributed by atoms with E-state index in [1.807, 2.05) is 18.0 Å². The molecule has 74 valence electrons. The summed E-state index contributed by atoms with van der Waals surface area (Å²) in [5.41, 5.74) is 0.385. The van der Waals surface area contributed by atoms with Gasteiger partial charge in [0.25, 0.3) is 0 Å². The fourth-order valence-corrected chi connectivity index (χ4v) is 1.32. The van der Waals surface area contributed by atoms with E-state index < -0.39 is 0 Å². The molecule has 0 aromatic carbocycles. The van der Waals surface area contributed by atoms with Gasteiger partial charge in [-0.1, -0.05) is 13.8 Å². The van der Waals surface area contributed by atoms with Gasteiger partial charge in [-0.3, -0.25) is 0 Å². The van der Waals surface area contributed by atoms with Gasteiger partial charge in [-0.2, -0.15) is 5.26 Å². The molecule has 0 atom stereocenters. The fraction of sp³-hybridized carbons (Fsp3) is 0.500. The summed E-state index contributed by atoms with van der Waals surface area (Å²) in [4.78, 5) is 10.1. The van der Waals surface area contributed by atoms with Crippen molar-refractivity contribution in [1.29, 1.82) is 5.26 Å². The number of aromatic nitrogens is 2. The molecule has 1 aromatic heterocycles. The molecule has 4 heteroatoms. The quantitative estimate of drug-likeness (QED) is 0.723. The summed E-state index contributed by atoms with van der Waals surface area (Å²) < 4.78 is 0. The lowest BCUT2D eigenvalue weighted by Crippen LogP contribution is -2.24. The van der Waals surface area contributed by atoms with Gasteiger partial charge in [0.1, 0.15) is 6.07 Å². The summed E-state index contributed by atoms with van der Waals surface area (Å²) in [6.07, 6.45) is 3.14. The molecule has 0 bridgehead atoms. The van der Waals surface area contributed by atoms with Crippen LogP contribution in [0.25, 0.3) is 0 Å². The second kappa shape index (κ2) is 4.56. The number of anilines is 1. The molecule has 1 rings (SSSR count). The molecule has 0 amide bonds. The summed E-state index contributed by atoms with van der Waals surface area (Å²) in [5, 5.41) is 8.82. The molecule has 0 saturated carbocycles. The Kier molecular flexibility index (Phi) is 3.41. The molecule has 0 N–H and O–H groups in total. The lowest BCUT2D eigenvalue weighted by atomic mass is 10.2. The molecule has 0 aliphatic rings. The Morgan fingerprint density at radius 1 is 1.43 bits per heavy atom. The van der Waals surface area contributed by atoms with Crippen LogP contribution in [0.3, 0.4) is 0 Å². The molecule has 1 aromatic rings. The monoisotopic (exact) mass is 190 g/mol. The lowest BCUT2D eigenvalue weighted by Gasteiger charge is -2.20. The van der Waals surface area contributed by atoms with Gasteiger partial charge in [0.15, 0.2) is 11.5 Å². The number of nitriles is 1. The van der Waals surface area contributed by atoms with Gasteiger partial charge in [0, 0.05) is 26.0 Å². The van der Waals surface area contributed by atoms with Gasteiger partial charge in [-0.25, -0.2) is 9.97 Å². The van der Waals surface area contributed by atoms with Crippen LogP contribution < -0.4 is 4.90 Å². The topological polar surface area (TPSA) is 52.8 Å². The molecule has 0 saturated heterocycles. The first-order valence-electron chi connectivity index (χ1n) is 4.57. The van der Waals surface area contributed by atoms with Crippen molar-refractivity contribution < 1.29 is 0 Å². The Hall–Kier alpha value is -1.63. The van der Waals surface area contributed by atoms with Crippen LogP contribution >= 0.6 is 0 Å². The molecular formula is C10H14N4. The maximum absolute atomic E-state index is 8.82. The van der Waals surface area contributed by atoms with Crippen molar-refractivity contribution in [1.82, 2.24) is 9.97 Å². The van der Waals surface area contributed by atoms with E-state index in [0.29, 0.717) is 17.4 Å². The average molecular weight is 190 g/mol. The van der Waals surface area contributed by atoms with Crippen LogP contribution in [0.1, 0.15) is 19.5 Å². The van der Waals surface area contributed by atoms with Gasteiger partial charge in [-0.05, 0) is 5.92 Å². The largest absolute Gasteiger partial charge is 0.357 e. The highest BCUT2D eigenvalue weighted by atomic mass is 15.2. The van der Waals surface area contributed by atoms with Crippen molar-refractivity contribution in [2.24, 2.45) is 5.92 Å². The summed E-state index contributed by atoms with van der Waals surface area (Å²) >= 11 is 0. The van der Waals surface area contributed by atoms with E-state index in [-0.39, 0.29) is 0 Å². The molecule has 1 heterocycles. The molecule has 0 radical (unpaired) electrons. The standard InChI is InChI=1S/C10H14N4/c1-8(2)7-14(3)10-9(6-11)12-4-5-13-10/h4-5,8H,7H2,1-3H3. The van der Waals surface area contributed by atoms with Crippen LogP contribution in [0.5, 0.6) is 0 Å². The molecule has 0 fully saturated rings. The van der Waals surface area contributed by atoms with Crippen molar-refractivity contribution in [3.8, 4) is 6.07 Å². The number of nitrogens with zero attached hydrogens (tertiary/aromatic N) is 4. The Morgan fingerprint density at radius 2 is 2.07 bits per heavy atom. The average Bonchev–Trinajstić information content (AvgIpc) is 2.16. The first-order chi connectivity index (χ1) is 6.65. The van der Waals surface area contributed by atoms with E-state index in [1.165, 1.54) is 6.20 Å². The SMILES string of the molecule is CC(C)CN(C)c1nccnc1C#N. The second-order valence-electron chi connectivity index (χ2n) is 3.61. The van der Waals surface area contributed by atoms with Gasteiger partial charge < -0.3 is 4.90 Å². The Bertz CT molecular complexity index is 340. The third kappa shape index (κ3) is 2.43. The summed E-state index contributed by atoms with van der Waals surface area (Å²) in [5.74, 6) is 1.19. The van der Waals surface area contributed by atoms with Crippen LogP contribution in [0.4, 0.5) is 5.82 Å². The highest BCUT2D eigenvalue weighted by Gasteiger charge is 2.10. The van der Waals surface area contributed by atoms with Crippen LogP contribution in [0, 0.1) is 17.2 Å². The maximum atomic E-state index is 8.82. The first-order valence-corrected chi connectivity index (χ1v) is 4.57. The van der Waals surface area contributed by atoms with Gasteiger partial charge in [0.05, 0.1) is 0 Å². The van der Waals surface area contributed by atoms with Crippen molar-refractivity contribution >= 4 is 5.82 Å². The van der Waals surface area contributed by atoms with Crippen molar-refractivity contribution in [3.05, 3.63) is 18.1 Å². The molecule has 0 unspecified atom stereocenters. The van der Waals surface area contributed by atoms with Crippen LogP contribution in [0.2, 0.25) is 0 Å². The van der Waals surface area contributed by atoms with E-state index in [9.17, 15) is 0 Å². The zero-order chi connectivity index (χ0) is 10.6. The van der Waals surface area contributed by atoms with E-state index in [0.717, 1.165) is 6.54 Å². The van der Waals surface area contributed by atoms with Crippen molar-refractivity contribution in [2.45, 2.75) is 13.8 Å². The summed E-state index contributed by atoms with van der Waals surface area (Å²) in [7, 11) is 1.92. The predicted molar refractivity (Wildman–Crippen MR) is 54.9 cm³/mol. The Morgan fingerprint density at radius 3 is 2.64 bits per heavy atom. The zero-order valence-electron chi connectivity index (χ0n) is 8.73. The molecule has 0 aliphatic carbocycles. The molecular weight excluding hydrogens is 176 g/mol. The molecule has 4 nitrogen and oxygen atoms in total. The minimum absolute atomic E-state index is 0.385. The lowest BCUT2D eigenvalue weighted by molar-refractivity contribution is 0.633. The van der Waals surface area contributed by atoms with E-state index in [4.69, 9.17) is 5.26 Å². The van der Waals surface area contributed by atoms with Crippen LogP contribution in [0.15, 0.2) is 12.4 Å². The summed E-state index contributed by atoms with van der Waals surface area (Å²) in [6, 6.07) is 2.03. The molecule has 14 heavy (non-hydrogen) atoms. The Balaban J connectivity index is 2.89. The fourth-order valence-electron chi connectivity index (χ4n) is 1.32. The maximum Gasteiger partial charge on any atom is 0.183 e. The number of rotatable bonds is 3. The Labute approximate surface area is 84.2 Å². The number of hydrogen-bond acceptors (Lipinski definition) is 4. The first kappa shape index (κ1) is 10.5. The van der Waals surface area contributed by atoms with Crippen LogP contribution in [-0.4, -0.2) is 23.6 Å². The third-order valence-electron chi connectivity index (χ3n) is 1.79. The second-order valence-corrected chi connectivity index (χ2v) is 3.61. The van der Waals surface area contributed by atoms with Gasteiger partial charge in [-0.15, -0.1) is 0 Å². The van der Waals surface area contributed by atoms with Crippen molar-refractivity contribution in [3.63, 3.8) is 0 Å². The highest BCUT2D eigenvalue weighted by molar-refractivity contribution is 5.48. The van der Waals surface area contributed by atoms with E-state index in [2.05, 4.69) is 23.8 Å². The normalized spacial score (nSPS) is 9.93. The van der Waals surface area contributed by atoms with E-state index in [1.54, 1.807) is 6.20 Å². The minimum atomic E-state index is 0.385. The number of hydrogen-bond donors (Lipinski definition) is 0. The van der Waals surface area contributed by atoms with Crippen LogP contribution in [-0.2, 0) is 0 Å². The van der Waals surface area contributed by atoms with E-state index >= 15 is 0 Å². The minimum Gasteiger partial charge on any atom is -0.357 e. The smallest absolute Gasteiger partial charge is 0.183 e.